The van der Waals surface area contributed by atoms with Crippen LogP contribution in [0.15, 0.2) is 103 Å². The molecule has 0 bridgehead atoms. The quantitative estimate of drug-likeness (QED) is 0.286. The van der Waals surface area contributed by atoms with E-state index in [4.69, 9.17) is 19.2 Å². The van der Waals surface area contributed by atoms with E-state index in [1.54, 1.807) is 17.5 Å². The fourth-order valence-corrected chi connectivity index (χ4v) is 6.10. The van der Waals surface area contributed by atoms with Crippen molar-refractivity contribution < 1.29 is 14.2 Å². The van der Waals surface area contributed by atoms with Crippen LogP contribution in [0.1, 0.15) is 0 Å². The molecule has 0 amide bonds. The molecule has 0 atom stereocenters. The molecule has 4 heterocycles. The summed E-state index contributed by atoms with van der Waals surface area (Å²) in [5, 5.41) is 0.989. The minimum Gasteiger partial charge on any atom is -0.458 e. The van der Waals surface area contributed by atoms with Gasteiger partial charge in [0.25, 0.3) is 6.71 Å². The molecule has 6 aromatic rings. The third-order valence-electron chi connectivity index (χ3n) is 6.77. The molecule has 0 unspecified atom stereocenters. The number of fused-ring (bicyclic) bond motifs is 5. The van der Waals surface area contributed by atoms with E-state index in [9.17, 15) is 0 Å². The second kappa shape index (κ2) is 7.95. The second-order valence-electron chi connectivity index (χ2n) is 9.01. The van der Waals surface area contributed by atoms with Crippen LogP contribution in [-0.4, -0.2) is 16.7 Å². The van der Waals surface area contributed by atoms with E-state index in [0.717, 1.165) is 55.5 Å². The van der Waals surface area contributed by atoms with Crippen LogP contribution >= 0.6 is 11.3 Å². The number of benzene rings is 4. The van der Waals surface area contributed by atoms with Gasteiger partial charge in [-0.3, -0.25) is 0 Å². The summed E-state index contributed by atoms with van der Waals surface area (Å²) in [5.41, 5.74) is 5.21. The fourth-order valence-electron chi connectivity index (χ4n) is 5.13. The molecule has 2 aliphatic heterocycles. The normalized spacial score (nSPS) is 12.7. The molecule has 0 saturated carbocycles. The SMILES string of the molecule is c1ccc(Oc2ccc3c(c2)B2c4cc(-c5nc6ccccc6s5)ccc4Oc4cccc(c42)O3)nc1. The maximum Gasteiger partial charge on any atom is 0.260 e. The number of ether oxygens (including phenoxy) is 3. The molecule has 4 aromatic carbocycles. The van der Waals surface area contributed by atoms with Gasteiger partial charge in [-0.1, -0.05) is 30.3 Å². The highest BCUT2D eigenvalue weighted by atomic mass is 32.1. The summed E-state index contributed by atoms with van der Waals surface area (Å²) in [6.45, 7) is -0.0692. The summed E-state index contributed by atoms with van der Waals surface area (Å²) < 4.78 is 20.0. The van der Waals surface area contributed by atoms with E-state index in [0.29, 0.717) is 11.6 Å². The summed E-state index contributed by atoms with van der Waals surface area (Å²) in [4.78, 5) is 9.20. The lowest BCUT2D eigenvalue weighted by Crippen LogP contribution is -2.57. The standard InChI is InChI=1S/C30H17BN2O3S/c1-2-9-27-22(6-1)33-30(37-27)18-11-13-23-20(16-18)31-21-17-19(34-28-10-3-4-15-32-28)12-14-24(21)36-26-8-5-7-25(35-23)29(26)31/h1-17H. The van der Waals surface area contributed by atoms with Gasteiger partial charge in [-0.2, -0.15) is 0 Å². The van der Waals surface area contributed by atoms with Crippen molar-refractivity contribution in [3.05, 3.63) is 103 Å². The first-order valence-corrected chi connectivity index (χ1v) is 12.8. The Labute approximate surface area is 217 Å². The summed E-state index contributed by atoms with van der Waals surface area (Å²) in [6, 6.07) is 32.1. The molecule has 0 fully saturated rings. The monoisotopic (exact) mass is 496 g/mol. The third-order valence-corrected chi connectivity index (χ3v) is 7.85. The van der Waals surface area contributed by atoms with Crippen LogP contribution in [0.5, 0.6) is 34.6 Å². The number of pyridine rings is 1. The van der Waals surface area contributed by atoms with E-state index in [2.05, 4.69) is 35.3 Å². The Morgan fingerprint density at radius 1 is 0.703 bits per heavy atom. The number of para-hydroxylation sites is 1. The van der Waals surface area contributed by atoms with Gasteiger partial charge >= 0.3 is 0 Å². The lowest BCUT2D eigenvalue weighted by molar-refractivity contribution is 0.454. The van der Waals surface area contributed by atoms with Crippen LogP contribution in [0.4, 0.5) is 0 Å². The Bertz CT molecular complexity index is 1790. The van der Waals surface area contributed by atoms with Crippen molar-refractivity contribution in [2.24, 2.45) is 0 Å². The second-order valence-corrected chi connectivity index (χ2v) is 10.0. The minimum absolute atomic E-state index is 0.0692. The molecule has 7 heteroatoms. The first-order chi connectivity index (χ1) is 18.3. The Balaban J connectivity index is 1.29. The van der Waals surface area contributed by atoms with Gasteiger partial charge in [0.2, 0.25) is 5.88 Å². The van der Waals surface area contributed by atoms with E-state index in [-0.39, 0.29) is 6.71 Å². The van der Waals surface area contributed by atoms with Crippen molar-refractivity contribution in [1.29, 1.82) is 0 Å². The average Bonchev–Trinajstić information content (AvgIpc) is 3.38. The lowest BCUT2D eigenvalue weighted by atomic mass is 9.34. The van der Waals surface area contributed by atoms with Crippen LogP contribution in [0.2, 0.25) is 0 Å². The molecule has 174 valence electrons. The predicted octanol–water partition coefficient (Wildman–Crippen LogP) is 5.88. The van der Waals surface area contributed by atoms with Crippen LogP contribution in [0, 0.1) is 0 Å². The summed E-state index contributed by atoms with van der Waals surface area (Å²) in [7, 11) is 0. The number of rotatable bonds is 3. The zero-order chi connectivity index (χ0) is 24.3. The van der Waals surface area contributed by atoms with Crippen molar-refractivity contribution >= 4 is 44.7 Å². The van der Waals surface area contributed by atoms with Crippen LogP contribution in [0.3, 0.4) is 0 Å². The highest BCUT2D eigenvalue weighted by Gasteiger charge is 2.40. The van der Waals surface area contributed by atoms with Gasteiger partial charge in [-0.15, -0.1) is 11.3 Å². The van der Waals surface area contributed by atoms with Gasteiger partial charge in [0.05, 0.1) is 10.2 Å². The Morgan fingerprint density at radius 2 is 1.49 bits per heavy atom. The van der Waals surface area contributed by atoms with Gasteiger partial charge in [0.1, 0.15) is 33.8 Å². The van der Waals surface area contributed by atoms with E-state index >= 15 is 0 Å². The molecule has 0 radical (unpaired) electrons. The number of hydrogen-bond acceptors (Lipinski definition) is 6. The first kappa shape index (κ1) is 20.6. The maximum absolute atomic E-state index is 6.38. The molecule has 0 spiro atoms. The zero-order valence-electron chi connectivity index (χ0n) is 19.4. The minimum atomic E-state index is -0.0692. The summed E-state index contributed by atoms with van der Waals surface area (Å²) >= 11 is 1.70. The molecular weight excluding hydrogens is 479 g/mol. The predicted molar refractivity (Wildman–Crippen MR) is 147 cm³/mol. The van der Waals surface area contributed by atoms with Gasteiger partial charge in [0.15, 0.2) is 0 Å². The summed E-state index contributed by atoms with van der Waals surface area (Å²) in [5.74, 6) is 4.52. The molecule has 2 aliphatic rings. The van der Waals surface area contributed by atoms with Crippen molar-refractivity contribution in [3.8, 4) is 45.2 Å². The number of thiazole rings is 1. The smallest absolute Gasteiger partial charge is 0.260 e. The molecule has 2 aromatic heterocycles. The van der Waals surface area contributed by atoms with Gasteiger partial charge in [-0.05, 0) is 71.6 Å². The molecule has 5 nitrogen and oxygen atoms in total. The molecular formula is C30H17BN2O3S. The Morgan fingerprint density at radius 3 is 2.30 bits per heavy atom. The summed E-state index contributed by atoms with van der Waals surface area (Å²) in [6.07, 6.45) is 1.72. The van der Waals surface area contributed by atoms with Gasteiger partial charge in [-0.25, -0.2) is 9.97 Å². The van der Waals surface area contributed by atoms with E-state index in [1.165, 1.54) is 4.70 Å². The molecule has 0 saturated heterocycles. The average molecular weight is 496 g/mol. The maximum atomic E-state index is 6.38. The molecule has 0 aliphatic carbocycles. The van der Waals surface area contributed by atoms with E-state index < -0.39 is 0 Å². The zero-order valence-corrected chi connectivity index (χ0v) is 20.2. The number of hydrogen-bond donors (Lipinski definition) is 0. The fraction of sp³-hybridized carbons (Fsp3) is 0. The van der Waals surface area contributed by atoms with E-state index in [1.807, 2.05) is 66.7 Å². The van der Waals surface area contributed by atoms with Gasteiger partial charge in [0, 0.05) is 23.3 Å². The number of nitrogens with zero attached hydrogens (tertiary/aromatic N) is 2. The van der Waals surface area contributed by atoms with Crippen molar-refractivity contribution in [2.45, 2.75) is 0 Å². The van der Waals surface area contributed by atoms with Gasteiger partial charge < -0.3 is 14.2 Å². The van der Waals surface area contributed by atoms with Crippen molar-refractivity contribution in [1.82, 2.24) is 9.97 Å². The topological polar surface area (TPSA) is 53.5 Å². The molecule has 8 rings (SSSR count). The molecule has 0 N–H and O–H groups in total. The van der Waals surface area contributed by atoms with Crippen LogP contribution < -0.4 is 30.6 Å². The van der Waals surface area contributed by atoms with Crippen LogP contribution in [-0.2, 0) is 0 Å². The van der Waals surface area contributed by atoms with Crippen molar-refractivity contribution in [3.63, 3.8) is 0 Å². The Hall–Kier alpha value is -4.62. The highest BCUT2D eigenvalue weighted by molar-refractivity contribution is 7.21. The number of aromatic nitrogens is 2. The third kappa shape index (κ3) is 3.32. The largest absolute Gasteiger partial charge is 0.458 e. The first-order valence-electron chi connectivity index (χ1n) is 12.0. The lowest BCUT2D eigenvalue weighted by Gasteiger charge is -2.33. The van der Waals surface area contributed by atoms with Crippen molar-refractivity contribution in [2.75, 3.05) is 0 Å². The Kier molecular flexibility index (Phi) is 4.42. The van der Waals surface area contributed by atoms with Crippen LogP contribution in [0.25, 0.3) is 20.8 Å². The highest BCUT2D eigenvalue weighted by Crippen LogP contribution is 2.37. The molecule has 37 heavy (non-hydrogen) atoms.